The quantitative estimate of drug-likeness (QED) is 0.322. The van der Waals surface area contributed by atoms with E-state index < -0.39 is 108 Å². The van der Waals surface area contributed by atoms with E-state index in [1.165, 1.54) is 6.92 Å². The van der Waals surface area contributed by atoms with Crippen LogP contribution < -0.4 is 0 Å². The van der Waals surface area contributed by atoms with Crippen LogP contribution in [0.25, 0.3) is 0 Å². The molecule has 0 aromatic heterocycles. The molecule has 240 valence electrons. The first-order chi connectivity index (χ1) is 19.9. The maximum Gasteiger partial charge on any atom is 0.337 e. The van der Waals surface area contributed by atoms with Crippen molar-refractivity contribution in [3.63, 3.8) is 0 Å². The van der Waals surface area contributed by atoms with Gasteiger partial charge in [-0.05, 0) is 18.9 Å². The predicted octanol–water partition coefficient (Wildman–Crippen LogP) is 0.532. The SMILES string of the molecule is COC(=O)/C1=C/[C@@H]2OC(=O)[C@H](C)[C@@]2(O)[C@@H](OC(C)=O)[C@H]2[C@@H](C)[C@@H](O)C[C@H](OC(C)=O)[C@]2(C)[C@@H](OC(C)=O)C[C@H]1OC(C)=O. The van der Waals surface area contributed by atoms with Gasteiger partial charge in [-0.2, -0.15) is 0 Å². The highest BCUT2D eigenvalue weighted by atomic mass is 16.6. The molecule has 14 nitrogen and oxygen atoms in total. The van der Waals surface area contributed by atoms with E-state index in [2.05, 4.69) is 0 Å². The summed E-state index contributed by atoms with van der Waals surface area (Å²) < 4.78 is 33.3. The molecule has 0 radical (unpaired) electrons. The average molecular weight is 613 g/mol. The molecule has 3 aliphatic rings. The molecular weight excluding hydrogens is 572 g/mol. The summed E-state index contributed by atoms with van der Waals surface area (Å²) in [5.41, 5.74) is -4.34. The first-order valence-electron chi connectivity index (χ1n) is 14.0. The lowest BCUT2D eigenvalue weighted by molar-refractivity contribution is -0.252. The highest BCUT2D eigenvalue weighted by molar-refractivity contribution is 5.90. The van der Waals surface area contributed by atoms with E-state index in [1.807, 2.05) is 0 Å². The van der Waals surface area contributed by atoms with E-state index in [0.29, 0.717) is 0 Å². The molecule has 1 aliphatic heterocycles. The Bertz CT molecular complexity index is 1190. The Morgan fingerprint density at radius 1 is 0.884 bits per heavy atom. The molecule has 43 heavy (non-hydrogen) atoms. The van der Waals surface area contributed by atoms with Crippen molar-refractivity contribution >= 4 is 35.8 Å². The fourth-order valence-electron chi connectivity index (χ4n) is 6.92. The lowest BCUT2D eigenvalue weighted by Gasteiger charge is -2.58. The maximum absolute atomic E-state index is 13.1. The number of hydrogen-bond acceptors (Lipinski definition) is 14. The van der Waals surface area contributed by atoms with Crippen LogP contribution in [-0.4, -0.2) is 95.4 Å². The van der Waals surface area contributed by atoms with Crippen molar-refractivity contribution in [2.24, 2.45) is 23.2 Å². The minimum Gasteiger partial charge on any atom is -0.466 e. The zero-order valence-electron chi connectivity index (χ0n) is 25.5. The van der Waals surface area contributed by atoms with Crippen LogP contribution in [0, 0.1) is 23.2 Å². The Labute approximate surface area is 248 Å². The molecule has 0 amide bonds. The summed E-state index contributed by atoms with van der Waals surface area (Å²) in [4.78, 5) is 76.0. The van der Waals surface area contributed by atoms with Crippen LogP contribution >= 0.6 is 0 Å². The molecule has 2 fully saturated rings. The lowest BCUT2D eigenvalue weighted by Crippen LogP contribution is -2.69. The summed E-state index contributed by atoms with van der Waals surface area (Å²) in [6.07, 6.45) is -7.99. The molecule has 11 atom stereocenters. The van der Waals surface area contributed by atoms with Crippen molar-refractivity contribution in [1.29, 1.82) is 0 Å². The molecule has 0 bridgehead atoms. The molecule has 2 N–H and O–H groups in total. The number of aliphatic hydroxyl groups excluding tert-OH is 1. The number of esters is 6. The number of fused-ring (bicyclic) bond motifs is 2. The Hall–Kier alpha value is -3.52. The zero-order valence-corrected chi connectivity index (χ0v) is 25.5. The van der Waals surface area contributed by atoms with Gasteiger partial charge in [0.05, 0.1) is 24.7 Å². The van der Waals surface area contributed by atoms with Gasteiger partial charge in [0.15, 0.2) is 11.7 Å². The molecule has 1 saturated heterocycles. The van der Waals surface area contributed by atoms with Gasteiger partial charge in [-0.3, -0.25) is 24.0 Å². The summed E-state index contributed by atoms with van der Waals surface area (Å²) in [6, 6.07) is 0. The highest BCUT2D eigenvalue weighted by Crippen LogP contribution is 2.56. The monoisotopic (exact) mass is 612 g/mol. The molecule has 3 rings (SSSR count). The van der Waals surface area contributed by atoms with Crippen LogP contribution in [0.4, 0.5) is 0 Å². The number of hydrogen-bond donors (Lipinski definition) is 2. The molecule has 1 saturated carbocycles. The van der Waals surface area contributed by atoms with Gasteiger partial charge in [0.1, 0.15) is 24.4 Å². The summed E-state index contributed by atoms with van der Waals surface area (Å²) in [5.74, 6) is -8.50. The van der Waals surface area contributed by atoms with Crippen LogP contribution in [0.15, 0.2) is 11.6 Å². The molecular formula is C29H40O14. The van der Waals surface area contributed by atoms with E-state index in [4.69, 9.17) is 28.4 Å². The number of methoxy groups -OCH3 is 1. The molecule has 0 unspecified atom stereocenters. The van der Waals surface area contributed by atoms with Crippen molar-refractivity contribution < 1.29 is 67.4 Å². The van der Waals surface area contributed by atoms with Crippen molar-refractivity contribution in [3.05, 3.63) is 11.6 Å². The lowest BCUT2D eigenvalue weighted by atomic mass is 9.52. The molecule has 14 heteroatoms. The van der Waals surface area contributed by atoms with E-state index >= 15 is 0 Å². The van der Waals surface area contributed by atoms with E-state index in [9.17, 15) is 39.0 Å². The second-order valence-electron chi connectivity index (χ2n) is 11.7. The van der Waals surface area contributed by atoms with E-state index in [-0.39, 0.29) is 12.0 Å². The molecule has 1 heterocycles. The predicted molar refractivity (Wildman–Crippen MR) is 142 cm³/mol. The van der Waals surface area contributed by atoms with E-state index in [1.54, 1.807) is 13.8 Å². The fourth-order valence-corrected chi connectivity index (χ4v) is 6.92. The van der Waals surface area contributed by atoms with Gasteiger partial charge in [0.25, 0.3) is 0 Å². The van der Waals surface area contributed by atoms with Crippen molar-refractivity contribution in [2.45, 2.75) is 104 Å². The van der Waals surface area contributed by atoms with Gasteiger partial charge >= 0.3 is 35.8 Å². The van der Waals surface area contributed by atoms with Gasteiger partial charge in [-0.15, -0.1) is 0 Å². The van der Waals surface area contributed by atoms with Gasteiger partial charge in [-0.1, -0.05) is 13.8 Å². The van der Waals surface area contributed by atoms with Gasteiger partial charge in [-0.25, -0.2) is 4.79 Å². The summed E-state index contributed by atoms with van der Waals surface area (Å²) in [6.45, 7) is 8.95. The number of ether oxygens (including phenoxy) is 6. The Balaban J connectivity index is 2.52. The summed E-state index contributed by atoms with van der Waals surface area (Å²) >= 11 is 0. The minimum atomic E-state index is -2.39. The topological polar surface area (TPSA) is 198 Å². The third-order valence-electron chi connectivity index (χ3n) is 9.01. The third kappa shape index (κ3) is 6.26. The normalized spacial score (nSPS) is 40.3. The summed E-state index contributed by atoms with van der Waals surface area (Å²) in [5, 5.41) is 23.7. The number of aliphatic hydroxyl groups is 2. The Morgan fingerprint density at radius 2 is 1.40 bits per heavy atom. The highest BCUT2D eigenvalue weighted by Gasteiger charge is 2.69. The zero-order chi connectivity index (χ0) is 32.6. The van der Waals surface area contributed by atoms with Crippen molar-refractivity contribution in [2.75, 3.05) is 7.11 Å². The van der Waals surface area contributed by atoms with E-state index in [0.717, 1.165) is 40.9 Å². The molecule has 0 aromatic rings. The minimum absolute atomic E-state index is 0.150. The van der Waals surface area contributed by atoms with Crippen LogP contribution in [0.5, 0.6) is 0 Å². The third-order valence-corrected chi connectivity index (χ3v) is 9.01. The average Bonchev–Trinajstić information content (AvgIpc) is 3.11. The fraction of sp³-hybridized carbons (Fsp3) is 0.724. The second-order valence-corrected chi connectivity index (χ2v) is 11.7. The first-order valence-corrected chi connectivity index (χ1v) is 14.0. The van der Waals surface area contributed by atoms with Crippen LogP contribution in [0.2, 0.25) is 0 Å². The van der Waals surface area contributed by atoms with Gasteiger partial charge < -0.3 is 38.6 Å². The van der Waals surface area contributed by atoms with Crippen molar-refractivity contribution in [1.82, 2.24) is 0 Å². The standard InChI is InChI=1S/C29H40O14/c1-12-19(34)10-21(40-15(4)31)28(7)22(41-16(5)32)11-20(39-14(3)30)18(27(36)38-8)9-23-29(37,13(2)26(35)43-23)25(24(12)28)42-17(6)33/h9,12-13,19-25,34,37H,10-11H2,1-8H3/b18-9+/t12-,13-,19-,20+,21-,22-,23-,24+,25-,28+,29-/m0/s1. The molecule has 2 aliphatic carbocycles. The van der Waals surface area contributed by atoms with Gasteiger partial charge in [0.2, 0.25) is 0 Å². The summed E-state index contributed by atoms with van der Waals surface area (Å²) in [7, 11) is 1.06. The maximum atomic E-state index is 13.1. The number of carbonyl (C=O) groups is 6. The molecule has 0 aromatic carbocycles. The Kier molecular flexibility index (Phi) is 9.96. The smallest absolute Gasteiger partial charge is 0.337 e. The van der Waals surface area contributed by atoms with Crippen LogP contribution in [-0.2, 0) is 57.2 Å². The van der Waals surface area contributed by atoms with Crippen LogP contribution in [0.3, 0.4) is 0 Å². The molecule has 0 spiro atoms. The number of carbonyl (C=O) groups excluding carboxylic acids is 6. The van der Waals surface area contributed by atoms with Crippen molar-refractivity contribution in [3.8, 4) is 0 Å². The van der Waals surface area contributed by atoms with Crippen LogP contribution in [0.1, 0.15) is 61.3 Å². The first kappa shape index (κ1) is 34.0. The second kappa shape index (κ2) is 12.6. The number of rotatable bonds is 5. The Morgan fingerprint density at radius 3 is 1.88 bits per heavy atom. The largest absolute Gasteiger partial charge is 0.466 e. The van der Waals surface area contributed by atoms with Gasteiger partial charge in [0, 0.05) is 51.9 Å².